The maximum atomic E-state index is 12.5. The minimum atomic E-state index is -4.40. The zero-order chi connectivity index (χ0) is 32.0. The van der Waals surface area contributed by atoms with Crippen LogP contribution in [0, 0.1) is 0 Å². The van der Waals surface area contributed by atoms with Gasteiger partial charge >= 0.3 is 19.8 Å². The minimum Gasteiger partial charge on any atom is -0.497 e. The maximum absolute atomic E-state index is 12.5. The lowest BCUT2D eigenvalue weighted by atomic mass is 10.0. The summed E-state index contributed by atoms with van der Waals surface area (Å²) in [6, 6.07) is 6.36. The molecule has 43 heavy (non-hydrogen) atoms. The quantitative estimate of drug-likeness (QED) is 0.0496. The molecule has 0 spiro atoms. The Kier molecular flexibility index (Phi) is 20.5. The third-order valence-electron chi connectivity index (χ3n) is 6.95. The van der Waals surface area contributed by atoms with Crippen LogP contribution < -0.4 is 4.74 Å². The number of nitrogens with zero attached hydrogens (tertiary/aromatic N) is 1. The number of carbonyl (C=O) groups excluding carboxylic acids is 2. The van der Waals surface area contributed by atoms with Crippen LogP contribution in [0.25, 0.3) is 0 Å². The number of benzene rings is 1. The normalized spacial score (nSPS) is 13.7. The largest absolute Gasteiger partial charge is 0.497 e. The number of phosphoric acid groups is 1. The number of unbranched alkanes of at least 4 members (excludes halogenated alkanes) is 12. The van der Waals surface area contributed by atoms with Crippen molar-refractivity contribution in [1.82, 2.24) is 0 Å². The molecule has 1 rings (SSSR count). The molecule has 0 amide bonds. The van der Waals surface area contributed by atoms with Crippen molar-refractivity contribution in [2.75, 3.05) is 54.6 Å². The lowest BCUT2D eigenvalue weighted by molar-refractivity contribution is -0.870. The predicted molar refractivity (Wildman–Crippen MR) is 168 cm³/mol. The third-order valence-corrected chi connectivity index (χ3v) is 7.93. The first kappa shape index (κ1) is 39.1. The number of esters is 2. The monoisotopic (exact) mass is 630 g/mol. The molecule has 0 aliphatic carbocycles. The average Bonchev–Trinajstić information content (AvgIpc) is 2.96. The minimum absolute atomic E-state index is 0.00718. The van der Waals surface area contributed by atoms with Gasteiger partial charge < -0.3 is 23.6 Å². The number of carbonyl (C=O) groups is 2. The van der Waals surface area contributed by atoms with Crippen molar-refractivity contribution < 1.29 is 46.8 Å². The molecule has 0 saturated carbocycles. The highest BCUT2D eigenvalue weighted by Gasteiger charge is 2.27. The Morgan fingerprint density at radius 1 is 0.814 bits per heavy atom. The van der Waals surface area contributed by atoms with Crippen LogP contribution in [0.2, 0.25) is 0 Å². The van der Waals surface area contributed by atoms with Crippen molar-refractivity contribution >= 4 is 19.8 Å². The van der Waals surface area contributed by atoms with Gasteiger partial charge in [0.25, 0.3) is 0 Å². The summed E-state index contributed by atoms with van der Waals surface area (Å²) in [5.41, 5.74) is 0.287. The van der Waals surface area contributed by atoms with Gasteiger partial charge in [0.05, 0.1) is 40.4 Å². The van der Waals surface area contributed by atoms with Gasteiger partial charge in [0.15, 0.2) is 6.10 Å². The Bertz CT molecular complexity index is 934. The Balaban J connectivity index is 2.45. The summed E-state index contributed by atoms with van der Waals surface area (Å²) in [5.74, 6) is -0.517. The Morgan fingerprint density at radius 2 is 1.35 bits per heavy atom. The second kappa shape index (κ2) is 22.5. The standard InChI is InChI=1S/C32H56NO9P/c1-6-7-8-9-10-11-12-13-14-15-16-17-18-19-31(34)42-30(27-41-43(36,37)40-25-24-33(2,3)4)26-39-32(35)28-20-22-29(38-5)23-21-28/h20-23,30H,6-19,24-27H2,1-5H3/p+1/t30-/m1/s1. The van der Waals surface area contributed by atoms with Crippen LogP contribution in [-0.4, -0.2) is 82.0 Å². The molecular formula is C32H57NO9P+. The number of phosphoric ester groups is 1. The molecule has 1 N–H and O–H groups in total. The summed E-state index contributed by atoms with van der Waals surface area (Å²) in [7, 11) is 2.91. The summed E-state index contributed by atoms with van der Waals surface area (Å²) >= 11 is 0. The number of rotatable bonds is 26. The van der Waals surface area contributed by atoms with E-state index in [1.54, 1.807) is 24.3 Å². The van der Waals surface area contributed by atoms with E-state index in [2.05, 4.69) is 6.92 Å². The molecule has 0 heterocycles. The number of methoxy groups -OCH3 is 1. The van der Waals surface area contributed by atoms with Gasteiger partial charge in [-0.2, -0.15) is 0 Å². The molecule has 2 atom stereocenters. The summed E-state index contributed by atoms with van der Waals surface area (Å²) in [4.78, 5) is 35.1. The maximum Gasteiger partial charge on any atom is 0.472 e. The first-order valence-corrected chi connectivity index (χ1v) is 17.4. The smallest absolute Gasteiger partial charge is 0.472 e. The Hall–Kier alpha value is -1.97. The van der Waals surface area contributed by atoms with Crippen LogP contribution in [0.1, 0.15) is 107 Å². The van der Waals surface area contributed by atoms with Gasteiger partial charge in [-0.15, -0.1) is 0 Å². The van der Waals surface area contributed by atoms with Crippen LogP contribution in [-0.2, 0) is 27.9 Å². The third kappa shape index (κ3) is 21.4. The van der Waals surface area contributed by atoms with Crippen molar-refractivity contribution in [3.8, 4) is 5.75 Å². The van der Waals surface area contributed by atoms with Crippen molar-refractivity contribution in [3.05, 3.63) is 29.8 Å². The lowest BCUT2D eigenvalue weighted by Crippen LogP contribution is -2.37. The molecule has 0 fully saturated rings. The number of likely N-dealkylation sites (N-methyl/N-ethyl adjacent to an activating group) is 1. The van der Waals surface area contributed by atoms with Crippen LogP contribution in [0.4, 0.5) is 0 Å². The molecule has 248 valence electrons. The summed E-state index contributed by atoms with van der Waals surface area (Å²) in [6.07, 6.45) is 14.7. The first-order valence-electron chi connectivity index (χ1n) is 15.9. The van der Waals surface area contributed by atoms with Gasteiger partial charge in [0, 0.05) is 6.42 Å². The van der Waals surface area contributed by atoms with Gasteiger partial charge in [0.1, 0.15) is 25.5 Å². The Morgan fingerprint density at radius 3 is 1.86 bits per heavy atom. The number of hydrogen-bond donors (Lipinski definition) is 1. The molecule has 1 unspecified atom stereocenters. The van der Waals surface area contributed by atoms with Crippen LogP contribution in [0.3, 0.4) is 0 Å². The van der Waals surface area contributed by atoms with E-state index < -0.39 is 32.5 Å². The van der Waals surface area contributed by atoms with Gasteiger partial charge in [0.2, 0.25) is 0 Å². The van der Waals surface area contributed by atoms with Crippen molar-refractivity contribution in [3.63, 3.8) is 0 Å². The fourth-order valence-corrected chi connectivity index (χ4v) is 5.01. The fourth-order valence-electron chi connectivity index (χ4n) is 4.27. The van der Waals surface area contributed by atoms with Gasteiger partial charge in [-0.3, -0.25) is 13.8 Å². The fraction of sp³-hybridized carbons (Fsp3) is 0.750. The van der Waals surface area contributed by atoms with E-state index in [-0.39, 0.29) is 25.2 Å². The number of quaternary nitrogens is 1. The van der Waals surface area contributed by atoms with E-state index in [0.717, 1.165) is 19.3 Å². The predicted octanol–water partition coefficient (Wildman–Crippen LogP) is 7.08. The van der Waals surface area contributed by atoms with Crippen molar-refractivity contribution in [2.24, 2.45) is 0 Å². The molecule has 0 radical (unpaired) electrons. The highest BCUT2D eigenvalue weighted by molar-refractivity contribution is 7.47. The first-order chi connectivity index (χ1) is 20.5. The van der Waals surface area contributed by atoms with E-state index in [0.29, 0.717) is 23.2 Å². The van der Waals surface area contributed by atoms with Crippen molar-refractivity contribution in [1.29, 1.82) is 0 Å². The molecule has 1 aromatic carbocycles. The van der Waals surface area contributed by atoms with Gasteiger partial charge in [-0.05, 0) is 30.7 Å². The molecule has 11 heteroatoms. The van der Waals surface area contributed by atoms with Crippen LogP contribution in [0.5, 0.6) is 5.75 Å². The van der Waals surface area contributed by atoms with E-state index in [9.17, 15) is 19.0 Å². The molecule has 0 aliphatic heterocycles. The lowest BCUT2D eigenvalue weighted by Gasteiger charge is -2.24. The van der Waals surface area contributed by atoms with E-state index >= 15 is 0 Å². The molecular weight excluding hydrogens is 573 g/mol. The zero-order valence-corrected chi connectivity index (χ0v) is 28.1. The molecule has 0 bridgehead atoms. The highest BCUT2D eigenvalue weighted by Crippen LogP contribution is 2.43. The average molecular weight is 631 g/mol. The van der Waals surface area contributed by atoms with Gasteiger partial charge in [-0.25, -0.2) is 9.36 Å². The SMILES string of the molecule is CCCCCCCCCCCCCCCC(=O)O[C@H](COC(=O)c1ccc(OC)cc1)COP(=O)(O)OCC[N+](C)(C)C. The van der Waals surface area contributed by atoms with Crippen molar-refractivity contribution in [2.45, 2.75) is 103 Å². The highest BCUT2D eigenvalue weighted by atomic mass is 31.2. The molecule has 1 aromatic rings. The molecule has 0 aliphatic rings. The topological polar surface area (TPSA) is 118 Å². The molecule has 0 saturated heterocycles. The van der Waals surface area contributed by atoms with E-state index in [1.807, 2.05) is 21.1 Å². The Labute approximate surface area is 259 Å². The second-order valence-corrected chi connectivity index (χ2v) is 13.5. The van der Waals surface area contributed by atoms with Crippen LogP contribution in [0.15, 0.2) is 24.3 Å². The van der Waals surface area contributed by atoms with Gasteiger partial charge in [-0.1, -0.05) is 84.0 Å². The molecule has 0 aromatic heterocycles. The molecule has 10 nitrogen and oxygen atoms in total. The summed E-state index contributed by atoms with van der Waals surface area (Å²) in [5, 5.41) is 0. The van der Waals surface area contributed by atoms with E-state index in [4.69, 9.17) is 23.3 Å². The second-order valence-electron chi connectivity index (χ2n) is 12.0. The number of hydrogen-bond acceptors (Lipinski definition) is 8. The summed E-state index contributed by atoms with van der Waals surface area (Å²) in [6.45, 7) is 1.94. The number of ether oxygens (including phenoxy) is 3. The van der Waals surface area contributed by atoms with E-state index in [1.165, 1.54) is 64.9 Å². The van der Waals surface area contributed by atoms with Crippen LogP contribution >= 0.6 is 7.82 Å². The zero-order valence-electron chi connectivity index (χ0n) is 27.2. The summed E-state index contributed by atoms with van der Waals surface area (Å²) < 4.78 is 39.0.